The third-order valence-corrected chi connectivity index (χ3v) is 4.25. The van der Waals surface area contributed by atoms with E-state index in [2.05, 4.69) is 20.6 Å². The summed E-state index contributed by atoms with van der Waals surface area (Å²) in [7, 11) is -1.94. The normalized spacial score (nSPS) is 12.0. The van der Waals surface area contributed by atoms with E-state index < -0.39 is 21.5 Å². The molecule has 0 unspecified atom stereocenters. The van der Waals surface area contributed by atoms with Gasteiger partial charge in [-0.25, -0.2) is 18.2 Å². The van der Waals surface area contributed by atoms with Crippen molar-refractivity contribution in [2.24, 2.45) is 7.05 Å². The van der Waals surface area contributed by atoms with E-state index in [1.54, 1.807) is 33.9 Å². The molecule has 27 heavy (non-hydrogen) atoms. The van der Waals surface area contributed by atoms with Crippen molar-refractivity contribution in [2.45, 2.75) is 31.5 Å². The number of carbonyl (C=O) groups is 2. The van der Waals surface area contributed by atoms with E-state index in [1.807, 2.05) is 0 Å². The number of hydrogen-bond acceptors (Lipinski definition) is 7. The first-order valence-electron chi connectivity index (χ1n) is 8.16. The molecule has 0 aliphatic heterocycles. The van der Waals surface area contributed by atoms with Gasteiger partial charge >= 0.3 is 6.09 Å². The Hall–Kier alpha value is -2.69. The summed E-state index contributed by atoms with van der Waals surface area (Å²) >= 11 is 0. The van der Waals surface area contributed by atoms with Crippen molar-refractivity contribution in [2.75, 3.05) is 19.3 Å². The minimum atomic E-state index is -3.55. The molecule has 0 bridgehead atoms. The highest BCUT2D eigenvalue weighted by molar-refractivity contribution is 7.90. The van der Waals surface area contributed by atoms with Crippen LogP contribution in [0.5, 0.6) is 0 Å². The van der Waals surface area contributed by atoms with Crippen LogP contribution in [-0.2, 0) is 21.6 Å². The van der Waals surface area contributed by atoms with Crippen LogP contribution in [0.3, 0.4) is 0 Å². The SMILES string of the molecule is Cn1c(C(=O)NCCNC(=O)OC(C)(C)C)cc2cnc(S(C)(=O)=O)nc21. The quantitative estimate of drug-likeness (QED) is 0.558. The van der Waals surface area contributed by atoms with Gasteiger partial charge in [-0.05, 0) is 26.8 Å². The average molecular weight is 397 g/mol. The number of aryl methyl sites for hydroxylation is 1. The molecule has 2 amide bonds. The Balaban J connectivity index is 2.01. The standard InChI is InChI=1S/C16H23N5O5S/c1-16(2,3)26-15(23)18-7-6-17-13(22)11-8-10-9-19-14(27(5,24)25)20-12(10)21(11)4/h8-9H,6-7H2,1-5H3,(H,17,22)(H,18,23). The predicted octanol–water partition coefficient (Wildman–Crippen LogP) is 0.626. The Morgan fingerprint density at radius 3 is 2.44 bits per heavy atom. The zero-order valence-electron chi connectivity index (χ0n) is 15.9. The lowest BCUT2D eigenvalue weighted by atomic mass is 10.2. The highest BCUT2D eigenvalue weighted by Crippen LogP contribution is 2.17. The maximum Gasteiger partial charge on any atom is 0.407 e. The number of ether oxygens (including phenoxy) is 1. The first-order valence-corrected chi connectivity index (χ1v) is 10.1. The number of sulfone groups is 1. The van der Waals surface area contributed by atoms with Crippen LogP contribution >= 0.6 is 0 Å². The molecule has 11 heteroatoms. The molecule has 0 saturated heterocycles. The van der Waals surface area contributed by atoms with Gasteiger partial charge in [-0.15, -0.1) is 0 Å². The summed E-state index contributed by atoms with van der Waals surface area (Å²) in [6.45, 7) is 5.66. The summed E-state index contributed by atoms with van der Waals surface area (Å²) in [5, 5.41) is 5.45. The van der Waals surface area contributed by atoms with Crippen LogP contribution in [0, 0.1) is 0 Å². The average Bonchev–Trinajstić information content (AvgIpc) is 2.85. The van der Waals surface area contributed by atoms with E-state index in [0.717, 1.165) is 6.26 Å². The molecule has 0 radical (unpaired) electrons. The molecule has 2 heterocycles. The fraction of sp³-hybridized carbons (Fsp3) is 0.500. The second-order valence-corrected chi connectivity index (χ2v) is 8.89. The van der Waals surface area contributed by atoms with Crippen LogP contribution in [0.2, 0.25) is 0 Å². The van der Waals surface area contributed by atoms with Crippen molar-refractivity contribution >= 4 is 32.9 Å². The number of fused-ring (bicyclic) bond motifs is 1. The summed E-state index contributed by atoms with van der Waals surface area (Å²) in [4.78, 5) is 31.7. The van der Waals surface area contributed by atoms with Crippen LogP contribution in [0.4, 0.5) is 4.79 Å². The molecule has 148 valence electrons. The van der Waals surface area contributed by atoms with Crippen LogP contribution in [0.1, 0.15) is 31.3 Å². The lowest BCUT2D eigenvalue weighted by molar-refractivity contribution is 0.0526. The Morgan fingerprint density at radius 2 is 1.85 bits per heavy atom. The van der Waals surface area contributed by atoms with Gasteiger partial charge in [0.2, 0.25) is 15.0 Å². The summed E-state index contributed by atoms with van der Waals surface area (Å²) in [5.41, 5.74) is 0.0344. The number of amides is 2. The number of carbonyl (C=O) groups excluding carboxylic acids is 2. The van der Waals surface area contributed by atoms with Gasteiger partial charge in [0.25, 0.3) is 5.91 Å². The van der Waals surface area contributed by atoms with E-state index in [9.17, 15) is 18.0 Å². The van der Waals surface area contributed by atoms with Crippen LogP contribution in [-0.4, -0.2) is 59.9 Å². The summed E-state index contributed by atoms with van der Waals surface area (Å²) in [6, 6.07) is 1.57. The predicted molar refractivity (Wildman–Crippen MR) is 98.2 cm³/mol. The summed E-state index contributed by atoms with van der Waals surface area (Å²) < 4.78 is 29.8. The maximum absolute atomic E-state index is 12.3. The van der Waals surface area contributed by atoms with Crippen LogP contribution in [0.15, 0.2) is 17.4 Å². The molecule has 2 aromatic rings. The van der Waals surface area contributed by atoms with E-state index in [0.29, 0.717) is 16.7 Å². The van der Waals surface area contributed by atoms with Gasteiger partial charge in [0.15, 0.2) is 0 Å². The van der Waals surface area contributed by atoms with Gasteiger partial charge < -0.3 is 19.9 Å². The number of alkyl carbamates (subject to hydrolysis) is 1. The van der Waals surface area contributed by atoms with Crippen molar-refractivity contribution in [3.8, 4) is 0 Å². The van der Waals surface area contributed by atoms with E-state index in [-0.39, 0.29) is 24.2 Å². The molecule has 0 fully saturated rings. The lowest BCUT2D eigenvalue weighted by Gasteiger charge is -2.19. The van der Waals surface area contributed by atoms with Gasteiger partial charge in [0, 0.05) is 38.0 Å². The number of rotatable bonds is 5. The summed E-state index contributed by atoms with van der Waals surface area (Å²) in [6.07, 6.45) is 1.81. The topological polar surface area (TPSA) is 132 Å². The van der Waals surface area contributed by atoms with Gasteiger partial charge in [-0.2, -0.15) is 4.98 Å². The van der Waals surface area contributed by atoms with E-state index in [1.165, 1.54) is 10.8 Å². The highest BCUT2D eigenvalue weighted by Gasteiger charge is 2.18. The first kappa shape index (κ1) is 20.6. The largest absolute Gasteiger partial charge is 0.444 e. The van der Waals surface area contributed by atoms with Gasteiger partial charge in [0.05, 0.1) is 0 Å². The van der Waals surface area contributed by atoms with Gasteiger partial charge in [0.1, 0.15) is 16.9 Å². The fourth-order valence-corrected chi connectivity index (χ4v) is 2.73. The van der Waals surface area contributed by atoms with Crippen molar-refractivity contribution in [3.05, 3.63) is 18.0 Å². The fourth-order valence-electron chi connectivity index (χ4n) is 2.24. The molecule has 0 aliphatic carbocycles. The third kappa shape index (κ3) is 5.39. The molecular weight excluding hydrogens is 374 g/mol. The number of nitrogens with zero attached hydrogens (tertiary/aromatic N) is 3. The van der Waals surface area contributed by atoms with Gasteiger partial charge in [-0.3, -0.25) is 4.79 Å². The van der Waals surface area contributed by atoms with Crippen molar-refractivity contribution in [1.82, 2.24) is 25.2 Å². The first-order chi connectivity index (χ1) is 12.4. The lowest BCUT2D eigenvalue weighted by Crippen LogP contribution is -2.38. The van der Waals surface area contributed by atoms with Crippen molar-refractivity contribution in [1.29, 1.82) is 0 Å². The summed E-state index contributed by atoms with van der Waals surface area (Å²) in [5.74, 6) is -0.387. The Morgan fingerprint density at radius 1 is 1.22 bits per heavy atom. The smallest absolute Gasteiger partial charge is 0.407 e. The molecule has 2 N–H and O–H groups in total. The minimum absolute atomic E-state index is 0.194. The Labute approximate surface area is 157 Å². The molecule has 0 aromatic carbocycles. The van der Waals surface area contributed by atoms with E-state index in [4.69, 9.17) is 4.74 Å². The molecule has 0 spiro atoms. The number of aromatic nitrogens is 3. The number of nitrogens with one attached hydrogen (secondary N) is 2. The Bertz CT molecular complexity index is 975. The van der Waals surface area contributed by atoms with Gasteiger partial charge in [-0.1, -0.05) is 0 Å². The monoisotopic (exact) mass is 397 g/mol. The second kappa shape index (κ2) is 7.51. The zero-order chi connectivity index (χ0) is 20.4. The molecule has 2 rings (SSSR count). The van der Waals surface area contributed by atoms with Crippen molar-refractivity contribution in [3.63, 3.8) is 0 Å². The molecule has 2 aromatic heterocycles. The molecule has 0 aliphatic rings. The van der Waals surface area contributed by atoms with Crippen LogP contribution < -0.4 is 10.6 Å². The third-order valence-electron chi connectivity index (χ3n) is 3.39. The Kier molecular flexibility index (Phi) is 5.73. The second-order valence-electron chi connectivity index (χ2n) is 6.98. The molecule has 0 saturated carbocycles. The van der Waals surface area contributed by atoms with E-state index >= 15 is 0 Å². The minimum Gasteiger partial charge on any atom is -0.444 e. The molecule has 0 atom stereocenters. The van der Waals surface area contributed by atoms with Crippen molar-refractivity contribution < 1.29 is 22.7 Å². The molecular formula is C16H23N5O5S. The zero-order valence-corrected chi connectivity index (χ0v) is 16.7. The van der Waals surface area contributed by atoms with Crippen LogP contribution in [0.25, 0.3) is 11.0 Å². The maximum atomic E-state index is 12.3. The molecule has 10 nitrogen and oxygen atoms in total. The highest BCUT2D eigenvalue weighted by atomic mass is 32.2. The number of hydrogen-bond donors (Lipinski definition) is 2.